The fraction of sp³-hybridized carbons (Fsp3) is 0.294. The van der Waals surface area contributed by atoms with Crippen molar-refractivity contribution >= 4 is 23.2 Å². The molecule has 0 radical (unpaired) electrons. The predicted molar refractivity (Wildman–Crippen MR) is 91.8 cm³/mol. The van der Waals surface area contributed by atoms with Gasteiger partial charge in [0.15, 0.2) is 0 Å². The number of rotatable bonds is 8. The van der Waals surface area contributed by atoms with Crippen LogP contribution in [0.5, 0.6) is 0 Å². The number of hydrogen-bond donors (Lipinski definition) is 2. The Morgan fingerprint density at radius 1 is 1.26 bits per heavy atom. The Bertz CT molecular complexity index is 632. The fourth-order valence-corrected chi connectivity index (χ4v) is 2.11. The van der Waals surface area contributed by atoms with Crippen LogP contribution in [0.25, 0.3) is 0 Å². The van der Waals surface area contributed by atoms with E-state index in [0.29, 0.717) is 30.4 Å². The van der Waals surface area contributed by atoms with Gasteiger partial charge in [-0.15, -0.1) is 0 Å². The van der Waals surface area contributed by atoms with Crippen LogP contribution in [-0.4, -0.2) is 31.2 Å². The number of methoxy groups -OCH3 is 1. The number of halogens is 1. The van der Waals surface area contributed by atoms with Gasteiger partial charge in [-0.3, -0.25) is 9.78 Å². The van der Waals surface area contributed by atoms with E-state index in [1.807, 2.05) is 30.3 Å². The van der Waals surface area contributed by atoms with E-state index in [0.717, 1.165) is 17.7 Å². The van der Waals surface area contributed by atoms with E-state index in [-0.39, 0.29) is 5.91 Å². The average molecular weight is 334 g/mol. The molecule has 0 aliphatic heterocycles. The van der Waals surface area contributed by atoms with Gasteiger partial charge in [-0.2, -0.15) is 0 Å². The van der Waals surface area contributed by atoms with E-state index >= 15 is 0 Å². The average Bonchev–Trinajstić information content (AvgIpc) is 2.58. The summed E-state index contributed by atoms with van der Waals surface area (Å²) in [5, 5.41) is 6.80. The van der Waals surface area contributed by atoms with Crippen LogP contribution in [0.2, 0.25) is 5.02 Å². The van der Waals surface area contributed by atoms with Crippen molar-refractivity contribution in [1.82, 2.24) is 10.3 Å². The largest absolute Gasteiger partial charge is 0.385 e. The lowest BCUT2D eigenvalue weighted by Gasteiger charge is -2.09. The predicted octanol–water partition coefficient (Wildman–Crippen LogP) is 3.11. The van der Waals surface area contributed by atoms with Gasteiger partial charge in [0.05, 0.1) is 0 Å². The van der Waals surface area contributed by atoms with E-state index in [4.69, 9.17) is 16.3 Å². The number of hydrogen-bond acceptors (Lipinski definition) is 4. The van der Waals surface area contributed by atoms with Gasteiger partial charge in [-0.25, -0.2) is 0 Å². The Hall–Kier alpha value is -2.11. The van der Waals surface area contributed by atoms with Crippen molar-refractivity contribution in [1.29, 1.82) is 0 Å². The van der Waals surface area contributed by atoms with Crippen LogP contribution in [0.3, 0.4) is 0 Å². The Balaban J connectivity index is 1.88. The SMILES string of the molecule is COCCCNC(=O)c1cc(NCc2ccc(Cl)cc2)ccn1. The minimum atomic E-state index is -0.184. The van der Waals surface area contributed by atoms with Gasteiger partial charge in [0.2, 0.25) is 0 Å². The number of carbonyl (C=O) groups is 1. The lowest BCUT2D eigenvalue weighted by atomic mass is 10.2. The summed E-state index contributed by atoms with van der Waals surface area (Å²) in [6.45, 7) is 1.84. The fourth-order valence-electron chi connectivity index (χ4n) is 1.98. The van der Waals surface area contributed by atoms with Crippen molar-refractivity contribution in [3.8, 4) is 0 Å². The van der Waals surface area contributed by atoms with Crippen LogP contribution < -0.4 is 10.6 Å². The first-order valence-corrected chi connectivity index (χ1v) is 7.78. The minimum absolute atomic E-state index is 0.184. The number of amides is 1. The molecule has 0 spiro atoms. The molecule has 5 nitrogen and oxygen atoms in total. The zero-order valence-electron chi connectivity index (χ0n) is 13.0. The zero-order chi connectivity index (χ0) is 16.5. The van der Waals surface area contributed by atoms with Gasteiger partial charge in [0.1, 0.15) is 5.69 Å². The lowest BCUT2D eigenvalue weighted by molar-refractivity contribution is 0.0943. The van der Waals surface area contributed by atoms with E-state index in [1.165, 1.54) is 0 Å². The quantitative estimate of drug-likeness (QED) is 0.729. The molecular weight excluding hydrogens is 314 g/mol. The zero-order valence-corrected chi connectivity index (χ0v) is 13.8. The maximum Gasteiger partial charge on any atom is 0.269 e. The van der Waals surface area contributed by atoms with Crippen LogP contribution in [0.15, 0.2) is 42.6 Å². The topological polar surface area (TPSA) is 63.2 Å². The summed E-state index contributed by atoms with van der Waals surface area (Å²) in [4.78, 5) is 16.1. The van der Waals surface area contributed by atoms with E-state index in [1.54, 1.807) is 19.4 Å². The summed E-state index contributed by atoms with van der Waals surface area (Å²) < 4.78 is 4.94. The molecule has 0 aliphatic carbocycles. The summed E-state index contributed by atoms with van der Waals surface area (Å²) in [6.07, 6.45) is 2.39. The molecule has 2 aromatic rings. The molecule has 2 rings (SSSR count). The highest BCUT2D eigenvalue weighted by Gasteiger charge is 2.07. The van der Waals surface area contributed by atoms with Crippen molar-refractivity contribution in [2.24, 2.45) is 0 Å². The van der Waals surface area contributed by atoms with Gasteiger partial charge in [0, 0.05) is 43.7 Å². The van der Waals surface area contributed by atoms with Crippen molar-refractivity contribution < 1.29 is 9.53 Å². The second-order valence-electron chi connectivity index (χ2n) is 5.01. The molecule has 0 saturated heterocycles. The number of nitrogens with zero attached hydrogens (tertiary/aromatic N) is 1. The molecule has 122 valence electrons. The Kier molecular flexibility index (Phi) is 6.84. The number of aromatic nitrogens is 1. The third kappa shape index (κ3) is 5.88. The number of benzene rings is 1. The first-order chi connectivity index (χ1) is 11.2. The molecule has 0 atom stereocenters. The molecule has 1 aromatic heterocycles. The van der Waals surface area contributed by atoms with Crippen LogP contribution >= 0.6 is 11.6 Å². The summed E-state index contributed by atoms with van der Waals surface area (Å²) in [7, 11) is 1.64. The molecule has 0 saturated carbocycles. The van der Waals surface area contributed by atoms with E-state index in [9.17, 15) is 4.79 Å². The second kappa shape index (κ2) is 9.12. The Morgan fingerprint density at radius 3 is 2.78 bits per heavy atom. The molecule has 0 bridgehead atoms. The minimum Gasteiger partial charge on any atom is -0.385 e. The molecule has 6 heteroatoms. The maximum absolute atomic E-state index is 12.0. The smallest absolute Gasteiger partial charge is 0.269 e. The van der Waals surface area contributed by atoms with Crippen LogP contribution in [-0.2, 0) is 11.3 Å². The number of carbonyl (C=O) groups excluding carboxylic acids is 1. The third-order valence-corrected chi connectivity index (χ3v) is 3.47. The molecule has 1 aromatic carbocycles. The summed E-state index contributed by atoms with van der Waals surface area (Å²) in [5.74, 6) is -0.184. The first-order valence-electron chi connectivity index (χ1n) is 7.40. The third-order valence-electron chi connectivity index (χ3n) is 3.21. The number of nitrogens with one attached hydrogen (secondary N) is 2. The summed E-state index contributed by atoms with van der Waals surface area (Å²) in [5.41, 5.74) is 2.34. The van der Waals surface area contributed by atoms with Crippen LogP contribution in [0.1, 0.15) is 22.5 Å². The first kappa shape index (κ1) is 17.2. The highest BCUT2D eigenvalue weighted by atomic mass is 35.5. The van der Waals surface area contributed by atoms with Crippen molar-refractivity contribution in [3.63, 3.8) is 0 Å². The second-order valence-corrected chi connectivity index (χ2v) is 5.45. The van der Waals surface area contributed by atoms with E-state index < -0.39 is 0 Å². The molecule has 0 unspecified atom stereocenters. The van der Waals surface area contributed by atoms with Gasteiger partial charge in [-0.05, 0) is 36.2 Å². The molecule has 23 heavy (non-hydrogen) atoms. The molecule has 2 N–H and O–H groups in total. The Labute approximate surface area is 141 Å². The van der Waals surface area contributed by atoms with E-state index in [2.05, 4.69) is 15.6 Å². The van der Waals surface area contributed by atoms with Crippen LogP contribution in [0, 0.1) is 0 Å². The van der Waals surface area contributed by atoms with Gasteiger partial charge in [-0.1, -0.05) is 23.7 Å². The van der Waals surface area contributed by atoms with Crippen molar-refractivity contribution in [2.45, 2.75) is 13.0 Å². The van der Waals surface area contributed by atoms with Crippen molar-refractivity contribution in [3.05, 3.63) is 58.9 Å². The maximum atomic E-state index is 12.0. The van der Waals surface area contributed by atoms with Crippen molar-refractivity contribution in [2.75, 3.05) is 25.6 Å². The number of ether oxygens (including phenoxy) is 1. The summed E-state index contributed by atoms with van der Waals surface area (Å²) >= 11 is 5.86. The molecule has 0 aliphatic rings. The van der Waals surface area contributed by atoms with Gasteiger partial charge < -0.3 is 15.4 Å². The Morgan fingerprint density at radius 2 is 2.04 bits per heavy atom. The molecule has 0 fully saturated rings. The molecule has 1 amide bonds. The van der Waals surface area contributed by atoms with Crippen LogP contribution in [0.4, 0.5) is 5.69 Å². The number of pyridine rings is 1. The lowest BCUT2D eigenvalue weighted by Crippen LogP contribution is -2.26. The van der Waals surface area contributed by atoms with Gasteiger partial charge >= 0.3 is 0 Å². The monoisotopic (exact) mass is 333 g/mol. The molecular formula is C17H20ClN3O2. The highest BCUT2D eigenvalue weighted by Crippen LogP contribution is 2.13. The summed E-state index contributed by atoms with van der Waals surface area (Å²) in [6, 6.07) is 11.2. The number of anilines is 1. The normalized spacial score (nSPS) is 10.3. The standard InChI is InChI=1S/C17H20ClN3O2/c1-23-10-2-8-20-17(22)16-11-15(7-9-19-16)21-12-13-3-5-14(18)6-4-13/h3-7,9,11H,2,8,10,12H2,1H3,(H,19,21)(H,20,22). The van der Waals surface area contributed by atoms with Gasteiger partial charge in [0.25, 0.3) is 5.91 Å². The molecule has 1 heterocycles. The highest BCUT2D eigenvalue weighted by molar-refractivity contribution is 6.30.